The molecule has 0 aromatic rings. The second kappa shape index (κ2) is 3.38. The molecule has 2 saturated heterocycles. The van der Waals surface area contributed by atoms with Crippen molar-refractivity contribution in [3.63, 3.8) is 0 Å². The van der Waals surface area contributed by atoms with E-state index in [-0.39, 0.29) is 28.5 Å². The van der Waals surface area contributed by atoms with E-state index in [9.17, 15) is 9.59 Å². The van der Waals surface area contributed by atoms with Crippen molar-refractivity contribution in [2.45, 2.75) is 36.9 Å². The number of esters is 2. The Labute approximate surface area is 116 Å². The van der Waals surface area contributed by atoms with Crippen LogP contribution in [0, 0.1) is 35.5 Å². The van der Waals surface area contributed by atoms with Crippen LogP contribution in [0.3, 0.4) is 0 Å². The Kier molecular flexibility index (Phi) is 1.99. The highest BCUT2D eigenvalue weighted by Gasteiger charge is 2.69. The number of hydrogen-bond donors (Lipinski definition) is 0. The van der Waals surface area contributed by atoms with E-state index in [4.69, 9.17) is 4.74 Å². The summed E-state index contributed by atoms with van der Waals surface area (Å²) < 4.78 is 5.04. The van der Waals surface area contributed by atoms with E-state index >= 15 is 0 Å². The second-order valence-corrected chi connectivity index (χ2v) is 8.62. The Morgan fingerprint density at radius 2 is 1.58 bits per heavy atom. The zero-order chi connectivity index (χ0) is 12.8. The summed E-state index contributed by atoms with van der Waals surface area (Å²) in [5.74, 6) is 3.28. The molecule has 6 fully saturated rings. The topological polar surface area (TPSA) is 43.4 Å². The minimum Gasteiger partial charge on any atom is -0.393 e. The molecule has 4 bridgehead atoms. The number of hydrogen-bond acceptors (Lipinski definition) is 4. The lowest BCUT2D eigenvalue weighted by molar-refractivity contribution is -0.155. The van der Waals surface area contributed by atoms with Gasteiger partial charge in [-0.15, -0.1) is 0 Å². The van der Waals surface area contributed by atoms with Crippen LogP contribution in [0.1, 0.15) is 32.1 Å². The summed E-state index contributed by atoms with van der Waals surface area (Å²) in [6.45, 7) is 0. The molecule has 0 amide bonds. The number of carbonyl (C=O) groups excluding carboxylic acids is 2. The molecule has 0 N–H and O–H groups in total. The predicted molar refractivity (Wildman–Crippen MR) is 70.3 cm³/mol. The summed E-state index contributed by atoms with van der Waals surface area (Å²) in [5, 5.41) is 0. The maximum Gasteiger partial charge on any atom is 0.318 e. The lowest BCUT2D eigenvalue weighted by Crippen LogP contribution is -2.59. The van der Waals surface area contributed by atoms with E-state index in [1.807, 2.05) is 11.8 Å². The van der Waals surface area contributed by atoms with Crippen molar-refractivity contribution in [1.29, 1.82) is 0 Å². The predicted octanol–water partition coefficient (Wildman–Crippen LogP) is 2.24. The van der Waals surface area contributed by atoms with Gasteiger partial charge >= 0.3 is 11.9 Å². The van der Waals surface area contributed by atoms with Crippen LogP contribution >= 0.6 is 11.8 Å². The van der Waals surface area contributed by atoms with Crippen LogP contribution in [0.5, 0.6) is 0 Å². The number of ether oxygens (including phenoxy) is 1. The minimum absolute atomic E-state index is 0.0708. The zero-order valence-corrected chi connectivity index (χ0v) is 11.7. The van der Waals surface area contributed by atoms with Gasteiger partial charge in [-0.1, -0.05) is 0 Å². The van der Waals surface area contributed by atoms with Gasteiger partial charge in [0.05, 0.1) is 11.8 Å². The molecule has 2 atom stereocenters. The lowest BCUT2D eigenvalue weighted by Gasteiger charge is -2.61. The molecule has 102 valence electrons. The van der Waals surface area contributed by atoms with Gasteiger partial charge in [0, 0.05) is 10.5 Å². The fourth-order valence-electron chi connectivity index (χ4n) is 6.19. The zero-order valence-electron chi connectivity index (χ0n) is 10.8. The number of carbonyl (C=O) groups is 2. The summed E-state index contributed by atoms with van der Waals surface area (Å²) in [4.78, 5) is 24.0. The monoisotopic (exact) mass is 278 g/mol. The van der Waals surface area contributed by atoms with Gasteiger partial charge in [0.25, 0.3) is 0 Å². The van der Waals surface area contributed by atoms with Gasteiger partial charge in [-0.05, 0) is 55.8 Å². The maximum absolute atomic E-state index is 12.2. The van der Waals surface area contributed by atoms with Gasteiger partial charge in [0.1, 0.15) is 0 Å². The molecule has 6 aliphatic rings. The Morgan fingerprint density at radius 1 is 0.947 bits per heavy atom. The number of thioether (sulfide) groups is 1. The molecule has 2 aliphatic heterocycles. The first kappa shape index (κ1) is 11.2. The molecule has 6 rings (SSSR count). The first-order chi connectivity index (χ1) is 9.18. The third-order valence-electron chi connectivity index (χ3n) is 6.57. The van der Waals surface area contributed by atoms with Crippen molar-refractivity contribution >= 4 is 23.7 Å². The maximum atomic E-state index is 12.2. The molecule has 0 radical (unpaired) electrons. The highest BCUT2D eigenvalue weighted by molar-refractivity contribution is 8.01. The Morgan fingerprint density at radius 3 is 2.21 bits per heavy atom. The molecule has 0 aromatic heterocycles. The first-order valence-electron chi connectivity index (χ1n) is 7.58. The molecular weight excluding hydrogens is 260 g/mol. The minimum atomic E-state index is -0.242. The molecular formula is C15H18O3S. The smallest absolute Gasteiger partial charge is 0.318 e. The van der Waals surface area contributed by atoms with Gasteiger partial charge in [-0.3, -0.25) is 9.59 Å². The fraction of sp³-hybridized carbons (Fsp3) is 0.867. The molecule has 4 saturated carbocycles. The van der Waals surface area contributed by atoms with Gasteiger partial charge in [0.15, 0.2) is 0 Å². The summed E-state index contributed by atoms with van der Waals surface area (Å²) in [7, 11) is 0. The van der Waals surface area contributed by atoms with E-state index in [2.05, 4.69) is 0 Å². The van der Waals surface area contributed by atoms with E-state index in [0.29, 0.717) is 11.8 Å². The van der Waals surface area contributed by atoms with Crippen LogP contribution in [0.4, 0.5) is 0 Å². The molecule has 0 unspecified atom stereocenters. The van der Waals surface area contributed by atoms with Crippen LogP contribution in [0.15, 0.2) is 0 Å². The third-order valence-corrected chi connectivity index (χ3v) is 8.52. The third kappa shape index (κ3) is 1.19. The standard InChI is InChI=1S/C15H18O3S/c16-13-11-6-19-15(12(11)14(17)18-13)9-2-7-1-8(4-9)5-10(15)3-7/h7-12H,1-6H2/t7?,8?,9?,10?,11-,12+,15?/m0/s1. The van der Waals surface area contributed by atoms with Crippen molar-refractivity contribution in [3.8, 4) is 0 Å². The Balaban J connectivity index is 1.61. The first-order valence-corrected chi connectivity index (χ1v) is 8.56. The van der Waals surface area contributed by atoms with Crippen LogP contribution in [0.2, 0.25) is 0 Å². The summed E-state index contributed by atoms with van der Waals surface area (Å²) in [5.41, 5.74) is 0. The van der Waals surface area contributed by atoms with Gasteiger partial charge < -0.3 is 4.74 Å². The fourth-order valence-corrected chi connectivity index (χ4v) is 8.28. The molecule has 19 heavy (non-hydrogen) atoms. The van der Waals surface area contributed by atoms with Crippen molar-refractivity contribution < 1.29 is 14.3 Å². The highest BCUT2D eigenvalue weighted by atomic mass is 32.2. The summed E-state index contributed by atoms with van der Waals surface area (Å²) in [6, 6.07) is 0. The number of cyclic esters (lactones) is 2. The van der Waals surface area contributed by atoms with E-state index in [1.54, 1.807) is 0 Å². The van der Waals surface area contributed by atoms with Crippen molar-refractivity contribution in [1.82, 2.24) is 0 Å². The van der Waals surface area contributed by atoms with Crippen LogP contribution in [0.25, 0.3) is 0 Å². The average Bonchev–Trinajstić information content (AvgIpc) is 2.87. The largest absolute Gasteiger partial charge is 0.393 e. The summed E-state index contributed by atoms with van der Waals surface area (Å²) in [6.07, 6.45) is 6.61. The SMILES string of the molecule is O=C1OC(=O)[C@H]2[C@@H]1CSC21C2CC3CC(C2)CC1C3. The van der Waals surface area contributed by atoms with E-state index in [1.165, 1.54) is 32.1 Å². The Hall–Kier alpha value is -0.510. The number of fused-ring (bicyclic) bond motifs is 1. The van der Waals surface area contributed by atoms with Gasteiger partial charge in [-0.25, -0.2) is 0 Å². The van der Waals surface area contributed by atoms with Crippen LogP contribution < -0.4 is 0 Å². The van der Waals surface area contributed by atoms with Crippen molar-refractivity contribution in [2.24, 2.45) is 35.5 Å². The molecule has 0 aromatic carbocycles. The molecule has 1 spiro atoms. The van der Waals surface area contributed by atoms with Crippen molar-refractivity contribution in [3.05, 3.63) is 0 Å². The molecule has 3 nitrogen and oxygen atoms in total. The quantitative estimate of drug-likeness (QED) is 0.503. The van der Waals surface area contributed by atoms with Crippen molar-refractivity contribution in [2.75, 3.05) is 5.75 Å². The highest BCUT2D eigenvalue weighted by Crippen LogP contribution is 2.69. The molecule has 4 aliphatic carbocycles. The van der Waals surface area contributed by atoms with Gasteiger partial charge in [0.2, 0.25) is 0 Å². The normalized spacial score (nSPS) is 57.9. The van der Waals surface area contributed by atoms with Crippen LogP contribution in [-0.2, 0) is 14.3 Å². The van der Waals surface area contributed by atoms with E-state index in [0.717, 1.165) is 17.6 Å². The lowest BCUT2D eigenvalue weighted by atomic mass is 9.48. The number of rotatable bonds is 0. The van der Waals surface area contributed by atoms with E-state index < -0.39 is 0 Å². The van der Waals surface area contributed by atoms with Gasteiger partial charge in [-0.2, -0.15) is 11.8 Å². The Bertz CT molecular complexity index is 458. The molecule has 2 heterocycles. The molecule has 4 heteroatoms. The summed E-state index contributed by atoms with van der Waals surface area (Å²) >= 11 is 1.96. The van der Waals surface area contributed by atoms with Crippen LogP contribution in [-0.4, -0.2) is 22.4 Å². The average molecular weight is 278 g/mol. The second-order valence-electron chi connectivity index (χ2n) is 7.29.